The average Bonchev–Trinajstić information content (AvgIpc) is 2.77. The molecule has 19 heavy (non-hydrogen) atoms. The van der Waals surface area contributed by atoms with E-state index in [9.17, 15) is 4.79 Å². The summed E-state index contributed by atoms with van der Waals surface area (Å²) < 4.78 is 1.96. The second-order valence-corrected chi connectivity index (χ2v) is 4.70. The molecule has 0 bridgehead atoms. The van der Waals surface area contributed by atoms with Crippen LogP contribution < -0.4 is 5.32 Å². The lowest BCUT2D eigenvalue weighted by Crippen LogP contribution is -2.11. The largest absolute Gasteiger partial charge is 0.320 e. The van der Waals surface area contributed by atoms with Crippen molar-refractivity contribution in [3.05, 3.63) is 30.0 Å². The van der Waals surface area contributed by atoms with E-state index in [1.807, 2.05) is 29.9 Å². The predicted octanol–water partition coefficient (Wildman–Crippen LogP) is 2.17. The topological polar surface area (TPSA) is 46.9 Å². The van der Waals surface area contributed by atoms with E-state index in [4.69, 9.17) is 0 Å². The molecule has 0 saturated carbocycles. The molecule has 1 N–H and O–H groups in total. The van der Waals surface area contributed by atoms with Gasteiger partial charge in [-0.3, -0.25) is 9.48 Å². The van der Waals surface area contributed by atoms with Gasteiger partial charge in [0.2, 0.25) is 0 Å². The number of aromatic nitrogens is 2. The molecule has 4 heteroatoms. The first kappa shape index (κ1) is 13.7. The van der Waals surface area contributed by atoms with Crippen LogP contribution in [0.4, 0.5) is 0 Å². The number of fused-ring (bicyclic) bond motifs is 1. The first-order valence-electron chi connectivity index (χ1n) is 6.87. The minimum Gasteiger partial charge on any atom is -0.320 e. The van der Waals surface area contributed by atoms with E-state index in [1.165, 1.54) is 0 Å². The summed E-state index contributed by atoms with van der Waals surface area (Å²) in [5, 5.41) is 8.72. The van der Waals surface area contributed by atoms with Gasteiger partial charge in [0.15, 0.2) is 0 Å². The van der Waals surface area contributed by atoms with Gasteiger partial charge in [-0.15, -0.1) is 0 Å². The van der Waals surface area contributed by atoms with Gasteiger partial charge < -0.3 is 5.32 Å². The first-order chi connectivity index (χ1) is 9.26. The fourth-order valence-electron chi connectivity index (χ4n) is 2.31. The van der Waals surface area contributed by atoms with Crippen LogP contribution in [0, 0.1) is 0 Å². The minimum atomic E-state index is 0.266. The lowest BCUT2D eigenvalue weighted by Gasteiger charge is -1.99. The van der Waals surface area contributed by atoms with Crippen molar-refractivity contribution in [2.75, 3.05) is 13.6 Å². The van der Waals surface area contributed by atoms with Gasteiger partial charge in [-0.2, -0.15) is 5.10 Å². The van der Waals surface area contributed by atoms with Crippen molar-refractivity contribution >= 4 is 16.7 Å². The Labute approximate surface area is 113 Å². The Balaban J connectivity index is 2.14. The molecule has 0 aliphatic rings. The summed E-state index contributed by atoms with van der Waals surface area (Å²) in [6.07, 6.45) is 1.95. The van der Waals surface area contributed by atoms with E-state index in [1.54, 1.807) is 0 Å². The zero-order chi connectivity index (χ0) is 13.7. The Morgan fingerprint density at radius 3 is 2.89 bits per heavy atom. The van der Waals surface area contributed by atoms with E-state index in [0.29, 0.717) is 12.8 Å². The van der Waals surface area contributed by atoms with Crippen molar-refractivity contribution in [2.45, 2.75) is 32.7 Å². The standard InChI is InChI=1S/C15H21N3O/c1-3-18-15-9-5-4-8-13(15)14(17-18)11-12(19)7-6-10-16-2/h4-5,8-9,16H,3,6-7,10-11H2,1-2H3. The van der Waals surface area contributed by atoms with E-state index >= 15 is 0 Å². The molecule has 0 spiro atoms. The lowest BCUT2D eigenvalue weighted by molar-refractivity contribution is -0.118. The maximum Gasteiger partial charge on any atom is 0.138 e. The summed E-state index contributed by atoms with van der Waals surface area (Å²) in [7, 11) is 1.90. The van der Waals surface area contributed by atoms with Gasteiger partial charge in [-0.25, -0.2) is 0 Å². The van der Waals surface area contributed by atoms with Crippen LogP contribution in [0.1, 0.15) is 25.5 Å². The summed E-state index contributed by atoms with van der Waals surface area (Å²) in [6, 6.07) is 8.11. The number of Topliss-reactive ketones (excluding diaryl/α,β-unsaturated/α-hetero) is 1. The maximum absolute atomic E-state index is 12.0. The van der Waals surface area contributed by atoms with Gasteiger partial charge in [0.25, 0.3) is 0 Å². The zero-order valence-corrected chi connectivity index (χ0v) is 11.6. The number of para-hydroxylation sites is 1. The second-order valence-electron chi connectivity index (χ2n) is 4.70. The Morgan fingerprint density at radius 1 is 1.37 bits per heavy atom. The Kier molecular flexibility index (Phi) is 4.68. The van der Waals surface area contributed by atoms with Crippen LogP contribution in [-0.2, 0) is 17.8 Å². The summed E-state index contributed by atoms with van der Waals surface area (Å²) >= 11 is 0. The quantitative estimate of drug-likeness (QED) is 0.775. The number of carbonyl (C=O) groups excluding carboxylic acids is 1. The normalized spacial score (nSPS) is 11.1. The van der Waals surface area contributed by atoms with E-state index in [2.05, 4.69) is 23.4 Å². The molecule has 0 fully saturated rings. The van der Waals surface area contributed by atoms with Crippen LogP contribution in [0.15, 0.2) is 24.3 Å². The predicted molar refractivity (Wildman–Crippen MR) is 77.3 cm³/mol. The van der Waals surface area contributed by atoms with Gasteiger partial charge in [-0.05, 0) is 33.0 Å². The molecule has 2 aromatic rings. The monoisotopic (exact) mass is 259 g/mol. The molecule has 0 radical (unpaired) electrons. The summed E-state index contributed by atoms with van der Waals surface area (Å²) in [4.78, 5) is 12.0. The minimum absolute atomic E-state index is 0.266. The van der Waals surface area contributed by atoms with E-state index in [-0.39, 0.29) is 5.78 Å². The van der Waals surface area contributed by atoms with Gasteiger partial charge in [0, 0.05) is 18.4 Å². The average molecular weight is 259 g/mol. The van der Waals surface area contributed by atoms with Crippen LogP contribution in [0.5, 0.6) is 0 Å². The number of rotatable bonds is 7. The summed E-state index contributed by atoms with van der Waals surface area (Å²) in [5.74, 6) is 0.266. The van der Waals surface area contributed by atoms with Crippen LogP contribution in [0.25, 0.3) is 10.9 Å². The van der Waals surface area contributed by atoms with Gasteiger partial charge in [0.1, 0.15) is 5.78 Å². The van der Waals surface area contributed by atoms with Gasteiger partial charge in [0.05, 0.1) is 17.6 Å². The smallest absolute Gasteiger partial charge is 0.138 e. The number of benzene rings is 1. The molecule has 0 saturated heterocycles. The van der Waals surface area contributed by atoms with E-state index in [0.717, 1.165) is 36.1 Å². The van der Waals surface area contributed by atoms with Crippen molar-refractivity contribution in [1.82, 2.24) is 15.1 Å². The third-order valence-electron chi connectivity index (χ3n) is 3.28. The molecule has 2 rings (SSSR count). The van der Waals surface area contributed by atoms with E-state index < -0.39 is 0 Å². The Bertz CT molecular complexity index is 560. The molecule has 0 amide bonds. The highest BCUT2D eigenvalue weighted by atomic mass is 16.1. The molecule has 4 nitrogen and oxygen atoms in total. The third kappa shape index (κ3) is 3.20. The molecule has 0 aliphatic carbocycles. The van der Waals surface area contributed by atoms with Gasteiger partial charge >= 0.3 is 0 Å². The fraction of sp³-hybridized carbons (Fsp3) is 0.467. The molecule has 1 heterocycles. The molecular weight excluding hydrogens is 238 g/mol. The Hall–Kier alpha value is -1.68. The number of hydrogen-bond acceptors (Lipinski definition) is 3. The number of nitrogens with zero attached hydrogens (tertiary/aromatic N) is 2. The number of aryl methyl sites for hydroxylation is 1. The molecular formula is C15H21N3O. The molecule has 0 atom stereocenters. The number of nitrogens with one attached hydrogen (secondary N) is 1. The first-order valence-corrected chi connectivity index (χ1v) is 6.87. The Morgan fingerprint density at radius 2 is 2.16 bits per heavy atom. The van der Waals surface area contributed by atoms with Crippen LogP contribution in [0.3, 0.4) is 0 Å². The highest BCUT2D eigenvalue weighted by Crippen LogP contribution is 2.19. The third-order valence-corrected chi connectivity index (χ3v) is 3.28. The number of hydrogen-bond donors (Lipinski definition) is 1. The fourth-order valence-corrected chi connectivity index (χ4v) is 2.31. The van der Waals surface area contributed by atoms with Crippen molar-refractivity contribution in [1.29, 1.82) is 0 Å². The van der Waals surface area contributed by atoms with Crippen LogP contribution in [0.2, 0.25) is 0 Å². The molecule has 0 unspecified atom stereocenters. The van der Waals surface area contributed by atoms with Crippen LogP contribution in [-0.4, -0.2) is 29.2 Å². The van der Waals surface area contributed by atoms with Crippen molar-refractivity contribution in [3.63, 3.8) is 0 Å². The second kappa shape index (κ2) is 6.48. The SMILES string of the molecule is CCn1nc(CC(=O)CCCNC)c2ccccc21. The lowest BCUT2D eigenvalue weighted by atomic mass is 10.1. The molecule has 0 aliphatic heterocycles. The highest BCUT2D eigenvalue weighted by Gasteiger charge is 2.12. The van der Waals surface area contributed by atoms with Gasteiger partial charge in [-0.1, -0.05) is 18.2 Å². The molecule has 102 valence electrons. The number of ketones is 1. The maximum atomic E-state index is 12.0. The highest BCUT2D eigenvalue weighted by molar-refractivity contribution is 5.88. The van der Waals surface area contributed by atoms with Crippen LogP contribution >= 0.6 is 0 Å². The summed E-state index contributed by atoms with van der Waals surface area (Å²) in [6.45, 7) is 3.78. The number of carbonyl (C=O) groups is 1. The van der Waals surface area contributed by atoms with Crippen molar-refractivity contribution in [3.8, 4) is 0 Å². The summed E-state index contributed by atoms with van der Waals surface area (Å²) in [5.41, 5.74) is 2.02. The zero-order valence-electron chi connectivity index (χ0n) is 11.6. The van der Waals surface area contributed by atoms with Crippen molar-refractivity contribution < 1.29 is 4.79 Å². The van der Waals surface area contributed by atoms with Crippen molar-refractivity contribution in [2.24, 2.45) is 0 Å². The molecule has 1 aromatic heterocycles. The molecule has 1 aromatic carbocycles.